The molecule has 0 radical (unpaired) electrons. The first-order chi connectivity index (χ1) is 4.57. The normalized spacial score (nSPS) is 11.3. The lowest BCUT2D eigenvalue weighted by Gasteiger charge is -2.05. The van der Waals surface area contributed by atoms with Gasteiger partial charge in [-0.3, -0.25) is 0 Å². The second-order valence-corrected chi connectivity index (χ2v) is 2.81. The smallest absolute Gasteiger partial charge is 0.343 e. The zero-order valence-electron chi connectivity index (χ0n) is 6.29. The van der Waals surface area contributed by atoms with Crippen LogP contribution in [0.4, 0.5) is 0 Å². The third-order valence-electron chi connectivity index (χ3n) is 0.806. The molecule has 58 valence electrons. The highest BCUT2D eigenvalue weighted by atomic mass is 32.2. The first-order valence-electron chi connectivity index (χ1n) is 2.73. The SMILES string of the molecule is CSC(=CN(C)C)C(=O)O. The van der Waals surface area contributed by atoms with Crippen LogP contribution >= 0.6 is 11.8 Å². The van der Waals surface area contributed by atoms with E-state index in [-0.39, 0.29) is 0 Å². The van der Waals surface area contributed by atoms with Gasteiger partial charge in [-0.05, 0) is 6.26 Å². The van der Waals surface area contributed by atoms with Crippen LogP contribution < -0.4 is 0 Å². The highest BCUT2D eigenvalue weighted by Crippen LogP contribution is 2.10. The summed E-state index contributed by atoms with van der Waals surface area (Å²) in [5.41, 5.74) is 0. The number of hydrogen-bond acceptors (Lipinski definition) is 3. The molecule has 0 bridgehead atoms. The molecule has 0 aliphatic heterocycles. The molecule has 0 aliphatic carbocycles. The molecule has 0 saturated heterocycles. The predicted octanol–water partition coefficient (Wildman–Crippen LogP) is 0.837. The van der Waals surface area contributed by atoms with Crippen LogP contribution in [-0.2, 0) is 4.79 Å². The molecule has 0 rings (SSSR count). The van der Waals surface area contributed by atoms with E-state index in [1.165, 1.54) is 11.8 Å². The molecule has 0 unspecified atom stereocenters. The highest BCUT2D eigenvalue weighted by molar-refractivity contribution is 8.03. The number of carboxylic acid groups (broad SMARTS) is 1. The Hall–Kier alpha value is -0.640. The predicted molar refractivity (Wildman–Crippen MR) is 42.9 cm³/mol. The van der Waals surface area contributed by atoms with Gasteiger partial charge in [0.15, 0.2) is 0 Å². The third kappa shape index (κ3) is 3.40. The summed E-state index contributed by atoms with van der Waals surface area (Å²) in [7, 11) is 3.58. The molecule has 0 aromatic rings. The van der Waals surface area contributed by atoms with Gasteiger partial charge < -0.3 is 10.0 Å². The van der Waals surface area contributed by atoms with Gasteiger partial charge in [0.05, 0.1) is 0 Å². The summed E-state index contributed by atoms with van der Waals surface area (Å²) >= 11 is 1.23. The van der Waals surface area contributed by atoms with Crippen LogP contribution in [0.2, 0.25) is 0 Å². The average Bonchev–Trinajstić information content (AvgIpc) is 1.81. The molecule has 3 nitrogen and oxygen atoms in total. The van der Waals surface area contributed by atoms with Crippen LogP contribution in [0.25, 0.3) is 0 Å². The van der Waals surface area contributed by atoms with Crippen LogP contribution in [-0.4, -0.2) is 36.3 Å². The van der Waals surface area contributed by atoms with Gasteiger partial charge in [-0.2, -0.15) is 0 Å². The van der Waals surface area contributed by atoms with E-state index in [1.807, 2.05) is 0 Å². The van der Waals surface area contributed by atoms with E-state index in [0.717, 1.165) is 0 Å². The fourth-order valence-electron chi connectivity index (χ4n) is 0.430. The fraction of sp³-hybridized carbons (Fsp3) is 0.500. The maximum absolute atomic E-state index is 10.4. The van der Waals surface area contributed by atoms with Gasteiger partial charge in [0, 0.05) is 20.3 Å². The first kappa shape index (κ1) is 9.36. The highest BCUT2D eigenvalue weighted by Gasteiger charge is 2.03. The Morgan fingerprint density at radius 1 is 1.60 bits per heavy atom. The van der Waals surface area contributed by atoms with Gasteiger partial charge in [0.1, 0.15) is 4.91 Å². The molecule has 0 fully saturated rings. The van der Waals surface area contributed by atoms with Gasteiger partial charge in [0.2, 0.25) is 0 Å². The van der Waals surface area contributed by atoms with E-state index in [1.54, 1.807) is 31.5 Å². The quantitative estimate of drug-likeness (QED) is 0.623. The Morgan fingerprint density at radius 3 is 2.20 bits per heavy atom. The van der Waals surface area contributed by atoms with E-state index in [0.29, 0.717) is 4.91 Å². The van der Waals surface area contributed by atoms with Gasteiger partial charge in [0.25, 0.3) is 0 Å². The van der Waals surface area contributed by atoms with Gasteiger partial charge >= 0.3 is 5.97 Å². The molecule has 0 atom stereocenters. The topological polar surface area (TPSA) is 40.5 Å². The third-order valence-corrected chi connectivity index (χ3v) is 1.53. The molecule has 0 saturated carbocycles. The van der Waals surface area contributed by atoms with Gasteiger partial charge in [-0.1, -0.05) is 0 Å². The molecular formula is C6H11NO2S. The lowest BCUT2D eigenvalue weighted by atomic mass is 10.6. The van der Waals surface area contributed by atoms with Crippen molar-refractivity contribution in [2.75, 3.05) is 20.4 Å². The van der Waals surface area contributed by atoms with Crippen LogP contribution in [0.3, 0.4) is 0 Å². The Labute approximate surface area is 64.7 Å². The number of rotatable bonds is 3. The second-order valence-electron chi connectivity index (χ2n) is 1.97. The van der Waals surface area contributed by atoms with Crippen molar-refractivity contribution in [1.29, 1.82) is 0 Å². The van der Waals surface area contributed by atoms with Gasteiger partial charge in [-0.25, -0.2) is 4.79 Å². The number of carboxylic acids is 1. The summed E-state index contributed by atoms with van der Waals surface area (Å²) in [6, 6.07) is 0. The lowest BCUT2D eigenvalue weighted by Crippen LogP contribution is -2.06. The summed E-state index contributed by atoms with van der Waals surface area (Å²) in [5.74, 6) is -0.874. The zero-order valence-corrected chi connectivity index (χ0v) is 7.10. The Bertz CT molecular complexity index is 154. The van der Waals surface area contributed by atoms with E-state index < -0.39 is 5.97 Å². The Kier molecular flexibility index (Phi) is 3.95. The minimum absolute atomic E-state index is 0.352. The number of hydrogen-bond donors (Lipinski definition) is 1. The van der Waals surface area contributed by atoms with E-state index in [2.05, 4.69) is 0 Å². The molecule has 0 aliphatic rings. The molecule has 4 heteroatoms. The molecular weight excluding hydrogens is 150 g/mol. The van der Waals surface area contributed by atoms with E-state index in [9.17, 15) is 4.79 Å². The lowest BCUT2D eigenvalue weighted by molar-refractivity contribution is -0.131. The zero-order chi connectivity index (χ0) is 8.15. The van der Waals surface area contributed by atoms with Crippen molar-refractivity contribution in [2.45, 2.75) is 0 Å². The number of nitrogens with zero attached hydrogens (tertiary/aromatic N) is 1. The largest absolute Gasteiger partial charge is 0.477 e. The Balaban J connectivity index is 4.19. The first-order valence-corrected chi connectivity index (χ1v) is 3.96. The number of carbonyl (C=O) groups is 1. The van der Waals surface area contributed by atoms with E-state index >= 15 is 0 Å². The van der Waals surface area contributed by atoms with Crippen molar-refractivity contribution in [2.24, 2.45) is 0 Å². The van der Waals surface area contributed by atoms with E-state index in [4.69, 9.17) is 5.11 Å². The van der Waals surface area contributed by atoms with Crippen LogP contribution in [0.1, 0.15) is 0 Å². The number of aliphatic carboxylic acids is 1. The summed E-state index contributed by atoms with van der Waals surface area (Å²) in [5, 5.41) is 8.51. The van der Waals surface area contributed by atoms with Gasteiger partial charge in [-0.15, -0.1) is 11.8 Å². The summed E-state index contributed by atoms with van der Waals surface area (Å²) in [6.07, 6.45) is 3.32. The summed E-state index contributed by atoms with van der Waals surface area (Å²) in [6.45, 7) is 0. The number of thioether (sulfide) groups is 1. The maximum atomic E-state index is 10.4. The van der Waals surface area contributed by atoms with Crippen molar-refractivity contribution < 1.29 is 9.90 Å². The standard InChI is InChI=1S/C6H11NO2S/c1-7(2)4-5(10-3)6(8)9/h4H,1-3H3,(H,8,9). The second kappa shape index (κ2) is 4.22. The molecule has 0 aromatic carbocycles. The fourth-order valence-corrected chi connectivity index (χ4v) is 0.921. The molecule has 0 aromatic heterocycles. The molecule has 0 spiro atoms. The molecule has 0 heterocycles. The monoisotopic (exact) mass is 161 g/mol. The van der Waals surface area contributed by atoms with Crippen LogP contribution in [0.15, 0.2) is 11.1 Å². The molecule has 1 N–H and O–H groups in total. The molecule has 0 amide bonds. The van der Waals surface area contributed by atoms with Crippen molar-refractivity contribution in [3.05, 3.63) is 11.1 Å². The minimum Gasteiger partial charge on any atom is -0.477 e. The van der Waals surface area contributed by atoms with Crippen LogP contribution in [0, 0.1) is 0 Å². The van der Waals surface area contributed by atoms with Crippen molar-refractivity contribution in [3.63, 3.8) is 0 Å². The van der Waals surface area contributed by atoms with Crippen molar-refractivity contribution in [1.82, 2.24) is 4.90 Å². The summed E-state index contributed by atoms with van der Waals surface area (Å²) in [4.78, 5) is 12.4. The van der Waals surface area contributed by atoms with Crippen LogP contribution in [0.5, 0.6) is 0 Å². The maximum Gasteiger partial charge on any atom is 0.343 e. The van der Waals surface area contributed by atoms with Crippen molar-refractivity contribution >= 4 is 17.7 Å². The summed E-state index contributed by atoms with van der Waals surface area (Å²) < 4.78 is 0. The van der Waals surface area contributed by atoms with Crippen molar-refractivity contribution in [3.8, 4) is 0 Å². The minimum atomic E-state index is -0.874. The Morgan fingerprint density at radius 2 is 2.10 bits per heavy atom. The molecule has 10 heavy (non-hydrogen) atoms. The average molecular weight is 161 g/mol.